The van der Waals surface area contributed by atoms with Crippen LogP contribution in [0.1, 0.15) is 48.7 Å². The van der Waals surface area contributed by atoms with Crippen molar-refractivity contribution in [2.75, 3.05) is 6.61 Å². The first-order valence-electron chi connectivity index (χ1n) is 6.89. The van der Waals surface area contributed by atoms with Gasteiger partial charge in [0, 0.05) is 5.56 Å². The van der Waals surface area contributed by atoms with Crippen molar-refractivity contribution in [3.8, 4) is 0 Å². The molecule has 0 aliphatic rings. The van der Waals surface area contributed by atoms with Crippen molar-refractivity contribution >= 4 is 5.91 Å². The van der Waals surface area contributed by atoms with Crippen LogP contribution in [0, 0.1) is 6.92 Å². The van der Waals surface area contributed by atoms with E-state index in [1.807, 2.05) is 13.8 Å². The highest BCUT2D eigenvalue weighted by Crippen LogP contribution is 2.32. The van der Waals surface area contributed by atoms with Gasteiger partial charge in [0.25, 0.3) is 5.91 Å². The highest BCUT2D eigenvalue weighted by atomic mass is 19.4. The lowest BCUT2D eigenvalue weighted by atomic mass is 10.0. The number of rotatable bonds is 4. The summed E-state index contributed by atoms with van der Waals surface area (Å²) in [4.78, 5) is 11.8. The molecular weight excluding hydrogens is 283 g/mol. The lowest BCUT2D eigenvalue weighted by Gasteiger charge is -2.15. The molecule has 1 atom stereocenters. The average Bonchev–Trinajstić information content (AvgIpc) is 2.45. The van der Waals surface area contributed by atoms with E-state index in [1.165, 1.54) is 19.1 Å². The Morgan fingerprint density at radius 1 is 1.33 bits per heavy atom. The molecule has 0 aromatic heterocycles. The molecule has 0 saturated heterocycles. The zero-order valence-electron chi connectivity index (χ0n) is 12.7. The van der Waals surface area contributed by atoms with E-state index in [0.29, 0.717) is 6.42 Å². The number of carbonyl (C=O) groups is 1. The number of alkyl halides is 3. The molecule has 0 heterocycles. The highest BCUT2D eigenvalue weighted by Gasteiger charge is 2.33. The second-order valence-corrected chi connectivity index (χ2v) is 4.29. The average molecular weight is 305 g/mol. The number of halogens is 3. The Morgan fingerprint density at radius 2 is 1.90 bits per heavy atom. The van der Waals surface area contributed by atoms with Gasteiger partial charge in [-0.3, -0.25) is 4.79 Å². The van der Waals surface area contributed by atoms with E-state index in [-0.39, 0.29) is 17.7 Å². The van der Waals surface area contributed by atoms with Crippen LogP contribution in [0.5, 0.6) is 0 Å². The summed E-state index contributed by atoms with van der Waals surface area (Å²) in [5.41, 5.74) is -0.819. The van der Waals surface area contributed by atoms with Gasteiger partial charge in [0.1, 0.15) is 0 Å². The smallest absolute Gasteiger partial charge is 0.394 e. The molecule has 6 heteroatoms. The van der Waals surface area contributed by atoms with Gasteiger partial charge in [-0.15, -0.1) is 0 Å². The number of amides is 1. The van der Waals surface area contributed by atoms with E-state index in [1.54, 1.807) is 6.92 Å². The molecule has 1 rings (SSSR count). The number of aryl methyl sites for hydroxylation is 1. The molecule has 21 heavy (non-hydrogen) atoms. The van der Waals surface area contributed by atoms with Gasteiger partial charge >= 0.3 is 6.18 Å². The van der Waals surface area contributed by atoms with Crippen LogP contribution >= 0.6 is 0 Å². The van der Waals surface area contributed by atoms with Crippen molar-refractivity contribution < 1.29 is 23.1 Å². The van der Waals surface area contributed by atoms with Crippen LogP contribution in [0.15, 0.2) is 18.2 Å². The lowest BCUT2D eigenvalue weighted by molar-refractivity contribution is -0.138. The summed E-state index contributed by atoms with van der Waals surface area (Å²) in [6, 6.07) is 2.97. The molecule has 1 aromatic rings. The zero-order valence-corrected chi connectivity index (χ0v) is 12.7. The largest absolute Gasteiger partial charge is 0.416 e. The molecule has 0 spiro atoms. The summed E-state index contributed by atoms with van der Waals surface area (Å²) in [5.74, 6) is -0.619. The van der Waals surface area contributed by atoms with Gasteiger partial charge < -0.3 is 10.4 Å². The fraction of sp³-hybridized carbons (Fsp3) is 0.533. The van der Waals surface area contributed by atoms with Crippen LogP contribution in [0.4, 0.5) is 13.2 Å². The van der Waals surface area contributed by atoms with Gasteiger partial charge in [-0.05, 0) is 31.0 Å². The third kappa shape index (κ3) is 5.75. The van der Waals surface area contributed by atoms with Gasteiger partial charge in [-0.1, -0.05) is 26.8 Å². The molecule has 2 N–H and O–H groups in total. The second-order valence-electron chi connectivity index (χ2n) is 4.29. The first-order chi connectivity index (χ1) is 9.79. The molecule has 0 aliphatic carbocycles. The van der Waals surface area contributed by atoms with Crippen molar-refractivity contribution in [1.82, 2.24) is 5.32 Å². The van der Waals surface area contributed by atoms with Gasteiger partial charge in [0.05, 0.1) is 18.2 Å². The minimum atomic E-state index is -4.48. The molecule has 1 unspecified atom stereocenters. The first kappa shape index (κ1) is 19.4. The molecule has 0 bridgehead atoms. The number of nitrogens with one attached hydrogen (secondary N) is 1. The summed E-state index contributed by atoms with van der Waals surface area (Å²) in [5, 5.41) is 11.4. The maximum absolute atomic E-state index is 12.7. The van der Waals surface area contributed by atoms with Crippen LogP contribution in [0.3, 0.4) is 0 Å². The summed E-state index contributed by atoms with van der Waals surface area (Å²) in [7, 11) is 0. The topological polar surface area (TPSA) is 49.3 Å². The summed E-state index contributed by atoms with van der Waals surface area (Å²) < 4.78 is 38.1. The molecule has 1 amide bonds. The van der Waals surface area contributed by atoms with Crippen molar-refractivity contribution in [3.63, 3.8) is 0 Å². The maximum atomic E-state index is 12.7. The van der Waals surface area contributed by atoms with Crippen LogP contribution in [0.2, 0.25) is 0 Å². The van der Waals surface area contributed by atoms with Gasteiger partial charge in [-0.25, -0.2) is 0 Å². The third-order valence-electron chi connectivity index (χ3n) is 2.85. The van der Waals surface area contributed by atoms with Crippen LogP contribution < -0.4 is 5.32 Å². The number of aliphatic hydroxyl groups is 1. The van der Waals surface area contributed by atoms with Crippen molar-refractivity contribution in [3.05, 3.63) is 34.9 Å². The minimum Gasteiger partial charge on any atom is -0.394 e. The Balaban J connectivity index is 0.00000191. The predicted octanol–water partition coefficient (Wildman–Crippen LogP) is 3.54. The van der Waals surface area contributed by atoms with Gasteiger partial charge in [-0.2, -0.15) is 13.2 Å². The van der Waals surface area contributed by atoms with Crippen LogP contribution in [0.25, 0.3) is 0 Å². The van der Waals surface area contributed by atoms with Crippen LogP contribution in [-0.2, 0) is 6.18 Å². The van der Waals surface area contributed by atoms with E-state index in [4.69, 9.17) is 5.11 Å². The predicted molar refractivity (Wildman–Crippen MR) is 76.2 cm³/mol. The Hall–Kier alpha value is -1.56. The number of carbonyl (C=O) groups excluding carboxylic acids is 1. The quantitative estimate of drug-likeness (QED) is 0.894. The van der Waals surface area contributed by atoms with E-state index in [9.17, 15) is 18.0 Å². The van der Waals surface area contributed by atoms with E-state index < -0.39 is 23.7 Å². The van der Waals surface area contributed by atoms with Crippen molar-refractivity contribution in [2.24, 2.45) is 0 Å². The lowest BCUT2D eigenvalue weighted by Crippen LogP contribution is -2.37. The number of benzene rings is 1. The van der Waals surface area contributed by atoms with E-state index in [0.717, 1.165) is 6.07 Å². The SMILES string of the molecule is CC.CCC(CO)NC(=O)c1ccc(C)c(C(F)(F)F)c1. The number of hydrogen-bond donors (Lipinski definition) is 2. The second kappa shape index (κ2) is 8.67. The zero-order chi connectivity index (χ0) is 16.6. The van der Waals surface area contributed by atoms with E-state index in [2.05, 4.69) is 5.32 Å². The normalized spacial score (nSPS) is 12.2. The standard InChI is InChI=1S/C13H16F3NO2.C2H6/c1-3-10(7-18)17-12(19)9-5-4-8(2)11(6-9)13(14,15)16;1-2/h4-6,10,18H,3,7H2,1-2H3,(H,17,19);1-2H3. The fourth-order valence-corrected chi connectivity index (χ4v) is 1.61. The van der Waals surface area contributed by atoms with Gasteiger partial charge in [0.15, 0.2) is 0 Å². The Morgan fingerprint density at radius 3 is 2.33 bits per heavy atom. The first-order valence-corrected chi connectivity index (χ1v) is 6.89. The summed E-state index contributed by atoms with van der Waals surface area (Å²) in [6.45, 7) is 6.85. The molecule has 3 nitrogen and oxygen atoms in total. The summed E-state index contributed by atoms with van der Waals surface area (Å²) >= 11 is 0. The molecule has 120 valence electrons. The minimum absolute atomic E-state index is 0.0650. The Bertz CT molecular complexity index is 455. The van der Waals surface area contributed by atoms with Crippen molar-refractivity contribution in [2.45, 2.75) is 46.3 Å². The molecule has 1 aromatic carbocycles. The van der Waals surface area contributed by atoms with Crippen molar-refractivity contribution in [1.29, 1.82) is 0 Å². The van der Waals surface area contributed by atoms with E-state index >= 15 is 0 Å². The molecule has 0 radical (unpaired) electrons. The third-order valence-corrected chi connectivity index (χ3v) is 2.85. The molecule has 0 fully saturated rings. The molecule has 0 aliphatic heterocycles. The fourth-order valence-electron chi connectivity index (χ4n) is 1.61. The highest BCUT2D eigenvalue weighted by molar-refractivity contribution is 5.94. The Labute approximate surface area is 123 Å². The summed E-state index contributed by atoms with van der Waals surface area (Å²) in [6.07, 6.45) is -3.98. The monoisotopic (exact) mass is 305 g/mol. The maximum Gasteiger partial charge on any atom is 0.416 e. The Kier molecular flexibility index (Phi) is 8.02. The molecular formula is C15H22F3NO2. The number of aliphatic hydroxyl groups excluding tert-OH is 1. The number of hydrogen-bond acceptors (Lipinski definition) is 2. The van der Waals surface area contributed by atoms with Crippen LogP contribution in [-0.4, -0.2) is 23.7 Å². The van der Waals surface area contributed by atoms with Gasteiger partial charge in [0.2, 0.25) is 0 Å². The molecule has 0 saturated carbocycles.